The maximum atomic E-state index is 9.49. The SMILES string of the molecule is CCCCCCC(O)CCC(C)O. The molecule has 0 spiro atoms. The maximum Gasteiger partial charge on any atom is 0.0541 e. The highest BCUT2D eigenvalue weighted by molar-refractivity contribution is 4.58. The van der Waals surface area contributed by atoms with Gasteiger partial charge in [0.1, 0.15) is 0 Å². The fraction of sp³-hybridized carbons (Fsp3) is 1.00. The lowest BCUT2D eigenvalue weighted by atomic mass is 10.0. The van der Waals surface area contributed by atoms with Crippen LogP contribution in [0.4, 0.5) is 0 Å². The topological polar surface area (TPSA) is 40.5 Å². The van der Waals surface area contributed by atoms with E-state index in [1.54, 1.807) is 6.92 Å². The number of aliphatic hydroxyl groups is 2. The molecule has 0 rings (SSSR count). The van der Waals surface area contributed by atoms with Crippen molar-refractivity contribution in [2.24, 2.45) is 0 Å². The van der Waals surface area contributed by atoms with Gasteiger partial charge in [-0.1, -0.05) is 32.6 Å². The van der Waals surface area contributed by atoms with Crippen LogP contribution >= 0.6 is 0 Å². The highest BCUT2D eigenvalue weighted by Crippen LogP contribution is 2.10. The zero-order valence-electron chi connectivity index (χ0n) is 9.00. The molecule has 0 bridgehead atoms. The van der Waals surface area contributed by atoms with Crippen LogP contribution in [-0.4, -0.2) is 22.4 Å². The molecule has 0 fully saturated rings. The molecule has 0 aliphatic heterocycles. The molecule has 0 radical (unpaired) electrons. The van der Waals surface area contributed by atoms with Crippen molar-refractivity contribution in [3.05, 3.63) is 0 Å². The van der Waals surface area contributed by atoms with Crippen molar-refractivity contribution < 1.29 is 10.2 Å². The normalized spacial score (nSPS) is 15.7. The zero-order chi connectivity index (χ0) is 10.1. The first-order valence-electron chi connectivity index (χ1n) is 5.53. The van der Waals surface area contributed by atoms with Crippen LogP contribution in [0.5, 0.6) is 0 Å². The van der Waals surface area contributed by atoms with Gasteiger partial charge in [-0.3, -0.25) is 0 Å². The summed E-state index contributed by atoms with van der Waals surface area (Å²) in [6.07, 6.45) is 6.73. The van der Waals surface area contributed by atoms with Crippen LogP contribution in [0.15, 0.2) is 0 Å². The lowest BCUT2D eigenvalue weighted by Gasteiger charge is -2.11. The van der Waals surface area contributed by atoms with E-state index in [0.29, 0.717) is 0 Å². The third-order valence-corrected chi connectivity index (χ3v) is 2.31. The van der Waals surface area contributed by atoms with Gasteiger partial charge in [-0.2, -0.15) is 0 Å². The predicted octanol–water partition coefficient (Wildman–Crippen LogP) is 2.48. The molecule has 2 heteroatoms. The maximum absolute atomic E-state index is 9.49. The number of hydrogen-bond donors (Lipinski definition) is 2. The smallest absolute Gasteiger partial charge is 0.0541 e. The van der Waals surface area contributed by atoms with E-state index >= 15 is 0 Å². The second kappa shape index (κ2) is 8.52. The molecule has 0 aromatic carbocycles. The van der Waals surface area contributed by atoms with Crippen molar-refractivity contribution >= 4 is 0 Å². The first kappa shape index (κ1) is 12.9. The Morgan fingerprint density at radius 1 is 0.923 bits per heavy atom. The lowest BCUT2D eigenvalue weighted by molar-refractivity contribution is 0.115. The van der Waals surface area contributed by atoms with Crippen LogP contribution in [0.25, 0.3) is 0 Å². The Hall–Kier alpha value is -0.0800. The Kier molecular flexibility index (Phi) is 8.46. The molecule has 2 unspecified atom stereocenters. The summed E-state index contributed by atoms with van der Waals surface area (Å²) in [5.74, 6) is 0. The van der Waals surface area contributed by atoms with E-state index in [2.05, 4.69) is 6.92 Å². The minimum atomic E-state index is -0.273. The Morgan fingerprint density at radius 3 is 2.15 bits per heavy atom. The van der Waals surface area contributed by atoms with Crippen molar-refractivity contribution in [2.45, 2.75) is 71.0 Å². The summed E-state index contributed by atoms with van der Waals surface area (Å²) < 4.78 is 0. The van der Waals surface area contributed by atoms with Crippen LogP contribution in [0.3, 0.4) is 0 Å². The van der Waals surface area contributed by atoms with Gasteiger partial charge in [-0.15, -0.1) is 0 Å². The summed E-state index contributed by atoms with van der Waals surface area (Å²) >= 11 is 0. The third kappa shape index (κ3) is 9.84. The van der Waals surface area contributed by atoms with Crippen LogP contribution < -0.4 is 0 Å². The summed E-state index contributed by atoms with van der Waals surface area (Å²) in [5, 5.41) is 18.5. The van der Waals surface area contributed by atoms with E-state index in [1.807, 2.05) is 0 Å². The van der Waals surface area contributed by atoms with Crippen molar-refractivity contribution in [2.75, 3.05) is 0 Å². The third-order valence-electron chi connectivity index (χ3n) is 2.31. The molecule has 0 amide bonds. The largest absolute Gasteiger partial charge is 0.393 e. The molecule has 0 heterocycles. The van der Waals surface area contributed by atoms with Crippen LogP contribution in [0.2, 0.25) is 0 Å². The molecule has 0 aromatic rings. The van der Waals surface area contributed by atoms with Gasteiger partial charge in [0.15, 0.2) is 0 Å². The van der Waals surface area contributed by atoms with Gasteiger partial charge in [0.05, 0.1) is 12.2 Å². The van der Waals surface area contributed by atoms with Crippen LogP contribution in [0.1, 0.15) is 58.8 Å². The molecule has 0 aromatic heterocycles. The van der Waals surface area contributed by atoms with E-state index in [-0.39, 0.29) is 12.2 Å². The van der Waals surface area contributed by atoms with Crippen molar-refractivity contribution in [3.8, 4) is 0 Å². The molecule has 0 saturated carbocycles. The zero-order valence-corrected chi connectivity index (χ0v) is 9.00. The van der Waals surface area contributed by atoms with Gasteiger partial charge >= 0.3 is 0 Å². The molecule has 2 atom stereocenters. The van der Waals surface area contributed by atoms with Gasteiger partial charge in [0.2, 0.25) is 0 Å². The molecule has 80 valence electrons. The van der Waals surface area contributed by atoms with Gasteiger partial charge in [0, 0.05) is 0 Å². The first-order valence-corrected chi connectivity index (χ1v) is 5.53. The second-order valence-electron chi connectivity index (χ2n) is 3.93. The summed E-state index contributed by atoms with van der Waals surface area (Å²) in [6.45, 7) is 3.95. The Morgan fingerprint density at radius 2 is 1.62 bits per heavy atom. The fourth-order valence-electron chi connectivity index (χ4n) is 1.38. The minimum Gasteiger partial charge on any atom is -0.393 e. The lowest BCUT2D eigenvalue weighted by Crippen LogP contribution is -2.10. The van der Waals surface area contributed by atoms with Gasteiger partial charge in [-0.05, 0) is 26.2 Å². The number of unbranched alkanes of at least 4 members (excludes halogenated alkanes) is 3. The van der Waals surface area contributed by atoms with Crippen LogP contribution in [0, 0.1) is 0 Å². The number of hydrogen-bond acceptors (Lipinski definition) is 2. The average molecular weight is 188 g/mol. The molecule has 2 nitrogen and oxygen atoms in total. The van der Waals surface area contributed by atoms with E-state index in [4.69, 9.17) is 5.11 Å². The van der Waals surface area contributed by atoms with Gasteiger partial charge in [0.25, 0.3) is 0 Å². The molecular formula is C11H24O2. The predicted molar refractivity (Wildman–Crippen MR) is 55.7 cm³/mol. The summed E-state index contributed by atoms with van der Waals surface area (Å²) in [4.78, 5) is 0. The van der Waals surface area contributed by atoms with E-state index < -0.39 is 0 Å². The monoisotopic (exact) mass is 188 g/mol. The quantitative estimate of drug-likeness (QED) is 0.574. The molecule has 0 aliphatic rings. The van der Waals surface area contributed by atoms with Crippen LogP contribution in [-0.2, 0) is 0 Å². The van der Waals surface area contributed by atoms with Crippen molar-refractivity contribution in [3.63, 3.8) is 0 Å². The van der Waals surface area contributed by atoms with E-state index in [1.165, 1.54) is 19.3 Å². The van der Waals surface area contributed by atoms with E-state index in [0.717, 1.165) is 25.7 Å². The molecule has 0 saturated heterocycles. The van der Waals surface area contributed by atoms with Gasteiger partial charge < -0.3 is 10.2 Å². The fourth-order valence-corrected chi connectivity index (χ4v) is 1.38. The minimum absolute atomic E-state index is 0.202. The van der Waals surface area contributed by atoms with Gasteiger partial charge in [-0.25, -0.2) is 0 Å². The Labute approximate surface area is 82.0 Å². The summed E-state index contributed by atoms with van der Waals surface area (Å²) in [7, 11) is 0. The van der Waals surface area contributed by atoms with E-state index in [9.17, 15) is 5.11 Å². The van der Waals surface area contributed by atoms with Crippen molar-refractivity contribution in [1.29, 1.82) is 0 Å². The molecule has 0 aliphatic carbocycles. The summed E-state index contributed by atoms with van der Waals surface area (Å²) in [6, 6.07) is 0. The van der Waals surface area contributed by atoms with Crippen molar-refractivity contribution in [1.82, 2.24) is 0 Å². The summed E-state index contributed by atoms with van der Waals surface area (Å²) in [5.41, 5.74) is 0. The molecule has 2 N–H and O–H groups in total. The highest BCUT2D eigenvalue weighted by Gasteiger charge is 2.05. The number of aliphatic hydroxyl groups excluding tert-OH is 2. The standard InChI is InChI=1S/C11H24O2/c1-3-4-5-6-7-11(13)9-8-10(2)12/h10-13H,3-9H2,1-2H3. The number of rotatable bonds is 8. The highest BCUT2D eigenvalue weighted by atomic mass is 16.3. The first-order chi connectivity index (χ1) is 6.16. The average Bonchev–Trinajstić information content (AvgIpc) is 2.09. The molecule has 13 heavy (non-hydrogen) atoms. The second-order valence-corrected chi connectivity index (χ2v) is 3.93. The molecular weight excluding hydrogens is 164 g/mol. The Balaban J connectivity index is 3.15. The Bertz CT molecular complexity index is 102.